The molecule has 0 fully saturated rings. The van der Waals surface area contributed by atoms with Gasteiger partial charge in [0, 0.05) is 16.7 Å². The van der Waals surface area contributed by atoms with Crippen LogP contribution in [0.4, 0.5) is 10.5 Å². The van der Waals surface area contributed by atoms with Crippen molar-refractivity contribution >= 4 is 31.5 Å². The molecule has 0 aliphatic rings. The zero-order chi connectivity index (χ0) is 15.6. The van der Waals surface area contributed by atoms with Gasteiger partial charge >= 0.3 is 6.09 Å². The number of nitrogens with one attached hydrogen (secondary N) is 1. The molecule has 1 amide bonds. The van der Waals surface area contributed by atoms with Crippen LogP contribution in [0, 0.1) is 0 Å². The first-order chi connectivity index (χ1) is 9.03. The molecule has 6 nitrogen and oxygen atoms in total. The maximum atomic E-state index is 11.7. The van der Waals surface area contributed by atoms with Gasteiger partial charge in [-0.3, -0.25) is 5.32 Å². The number of amides is 1. The SMILES string of the molecule is COc1ccc(S(=O)(=O)Cl)c(NC(=O)OC(C)(C)C)c1. The van der Waals surface area contributed by atoms with Crippen LogP contribution in [0.25, 0.3) is 0 Å². The molecule has 0 bridgehead atoms. The third-order valence-corrected chi connectivity index (χ3v) is 3.47. The minimum atomic E-state index is -4.00. The van der Waals surface area contributed by atoms with E-state index in [0.29, 0.717) is 5.75 Å². The summed E-state index contributed by atoms with van der Waals surface area (Å²) in [5.41, 5.74) is -0.711. The third-order valence-electron chi connectivity index (χ3n) is 2.09. The topological polar surface area (TPSA) is 81.7 Å². The molecule has 112 valence electrons. The molecule has 0 saturated heterocycles. The van der Waals surface area contributed by atoms with E-state index in [4.69, 9.17) is 20.2 Å². The predicted octanol–water partition coefficient (Wildman–Crippen LogP) is 2.97. The lowest BCUT2D eigenvalue weighted by Gasteiger charge is -2.20. The Morgan fingerprint density at radius 3 is 2.35 bits per heavy atom. The van der Waals surface area contributed by atoms with E-state index in [2.05, 4.69) is 5.32 Å². The van der Waals surface area contributed by atoms with E-state index in [9.17, 15) is 13.2 Å². The third kappa shape index (κ3) is 4.90. The minimum Gasteiger partial charge on any atom is -0.497 e. The van der Waals surface area contributed by atoms with Gasteiger partial charge in [0.25, 0.3) is 9.05 Å². The van der Waals surface area contributed by atoms with Crippen molar-refractivity contribution in [2.24, 2.45) is 0 Å². The maximum absolute atomic E-state index is 11.7. The van der Waals surface area contributed by atoms with Crippen molar-refractivity contribution in [1.82, 2.24) is 0 Å². The van der Waals surface area contributed by atoms with Crippen molar-refractivity contribution in [1.29, 1.82) is 0 Å². The lowest BCUT2D eigenvalue weighted by atomic mass is 10.2. The molecule has 1 aromatic carbocycles. The first-order valence-corrected chi connectivity index (χ1v) is 7.96. The van der Waals surface area contributed by atoms with Gasteiger partial charge in [-0.1, -0.05) is 0 Å². The summed E-state index contributed by atoms with van der Waals surface area (Å²) in [6.45, 7) is 5.08. The standard InChI is InChI=1S/C12H16ClNO5S/c1-12(2,3)19-11(15)14-9-7-8(18-4)5-6-10(9)20(13,16)17/h5-7H,1-4H3,(H,14,15). The first kappa shape index (κ1) is 16.6. The smallest absolute Gasteiger partial charge is 0.412 e. The fourth-order valence-electron chi connectivity index (χ4n) is 1.36. The number of anilines is 1. The summed E-state index contributed by atoms with van der Waals surface area (Å²) in [5.74, 6) is 0.375. The van der Waals surface area contributed by atoms with Gasteiger partial charge < -0.3 is 9.47 Å². The Bertz CT molecular complexity index is 607. The monoisotopic (exact) mass is 321 g/mol. The quantitative estimate of drug-likeness (QED) is 0.865. The molecule has 0 atom stereocenters. The zero-order valence-corrected chi connectivity index (χ0v) is 13.1. The molecule has 1 N–H and O–H groups in total. The fourth-order valence-corrected chi connectivity index (χ4v) is 2.37. The highest BCUT2D eigenvalue weighted by Gasteiger charge is 2.21. The van der Waals surface area contributed by atoms with Gasteiger partial charge in [-0.15, -0.1) is 0 Å². The molecular formula is C12H16ClNO5S. The lowest BCUT2D eigenvalue weighted by Crippen LogP contribution is -2.27. The molecule has 1 rings (SSSR count). The van der Waals surface area contributed by atoms with Crippen molar-refractivity contribution in [3.8, 4) is 5.75 Å². The van der Waals surface area contributed by atoms with Gasteiger partial charge in [0.2, 0.25) is 0 Å². The normalized spacial score (nSPS) is 11.8. The van der Waals surface area contributed by atoms with E-state index in [0.717, 1.165) is 0 Å². The van der Waals surface area contributed by atoms with Gasteiger partial charge in [0.05, 0.1) is 12.8 Å². The second kappa shape index (κ2) is 5.88. The van der Waals surface area contributed by atoms with Gasteiger partial charge in [-0.2, -0.15) is 0 Å². The largest absolute Gasteiger partial charge is 0.497 e. The van der Waals surface area contributed by atoms with Crippen LogP contribution in [0.5, 0.6) is 5.75 Å². The molecule has 0 aliphatic heterocycles. The highest BCUT2D eigenvalue weighted by molar-refractivity contribution is 8.13. The number of rotatable bonds is 3. The molecule has 0 radical (unpaired) electrons. The summed E-state index contributed by atoms with van der Waals surface area (Å²) in [6.07, 6.45) is -0.785. The summed E-state index contributed by atoms with van der Waals surface area (Å²) in [5, 5.41) is 2.34. The maximum Gasteiger partial charge on any atom is 0.412 e. The molecule has 0 spiro atoms. The van der Waals surface area contributed by atoms with E-state index < -0.39 is 20.7 Å². The number of ether oxygens (including phenoxy) is 2. The first-order valence-electron chi connectivity index (χ1n) is 5.65. The van der Waals surface area contributed by atoms with Gasteiger partial charge in [-0.05, 0) is 32.9 Å². The van der Waals surface area contributed by atoms with E-state index in [1.54, 1.807) is 20.8 Å². The van der Waals surface area contributed by atoms with Crippen molar-refractivity contribution in [2.75, 3.05) is 12.4 Å². The average Bonchev–Trinajstić information content (AvgIpc) is 2.24. The van der Waals surface area contributed by atoms with Gasteiger partial charge in [-0.25, -0.2) is 13.2 Å². The van der Waals surface area contributed by atoms with Crippen LogP contribution in [0.2, 0.25) is 0 Å². The van der Waals surface area contributed by atoms with Crippen molar-refractivity contribution in [3.05, 3.63) is 18.2 Å². The average molecular weight is 322 g/mol. The molecule has 0 aromatic heterocycles. The van der Waals surface area contributed by atoms with Gasteiger partial charge in [0.15, 0.2) is 0 Å². The number of carbonyl (C=O) groups is 1. The van der Waals surface area contributed by atoms with Crippen LogP contribution in [-0.4, -0.2) is 27.2 Å². The van der Waals surface area contributed by atoms with Crippen LogP contribution in [0.3, 0.4) is 0 Å². The zero-order valence-electron chi connectivity index (χ0n) is 11.6. The summed E-state index contributed by atoms with van der Waals surface area (Å²) >= 11 is 0. The van der Waals surface area contributed by atoms with Crippen LogP contribution < -0.4 is 10.1 Å². The molecule has 0 saturated carbocycles. The van der Waals surface area contributed by atoms with E-state index in [-0.39, 0.29) is 10.6 Å². The Morgan fingerprint density at radius 1 is 1.30 bits per heavy atom. The van der Waals surface area contributed by atoms with Crippen LogP contribution in [-0.2, 0) is 13.8 Å². The number of halogens is 1. The van der Waals surface area contributed by atoms with Crippen molar-refractivity contribution in [3.63, 3.8) is 0 Å². The van der Waals surface area contributed by atoms with Gasteiger partial charge in [0.1, 0.15) is 16.2 Å². The Morgan fingerprint density at radius 2 is 1.90 bits per heavy atom. The number of methoxy groups -OCH3 is 1. The summed E-state index contributed by atoms with van der Waals surface area (Å²) < 4.78 is 32.9. The van der Waals surface area contributed by atoms with Crippen LogP contribution >= 0.6 is 10.7 Å². The van der Waals surface area contributed by atoms with Crippen molar-refractivity contribution in [2.45, 2.75) is 31.3 Å². The van der Waals surface area contributed by atoms with E-state index >= 15 is 0 Å². The van der Waals surface area contributed by atoms with Crippen LogP contribution in [0.1, 0.15) is 20.8 Å². The molecule has 0 unspecified atom stereocenters. The summed E-state index contributed by atoms with van der Waals surface area (Å²) in [7, 11) is 2.73. The highest BCUT2D eigenvalue weighted by atomic mass is 35.7. The Labute approximate surface area is 122 Å². The second-order valence-electron chi connectivity index (χ2n) is 4.93. The molecule has 0 aliphatic carbocycles. The fraction of sp³-hybridized carbons (Fsp3) is 0.417. The lowest BCUT2D eigenvalue weighted by molar-refractivity contribution is 0.0635. The minimum absolute atomic E-state index is 0.00593. The van der Waals surface area contributed by atoms with Crippen molar-refractivity contribution < 1.29 is 22.7 Å². The predicted molar refractivity (Wildman–Crippen MR) is 75.9 cm³/mol. The second-order valence-corrected chi connectivity index (χ2v) is 7.46. The molecule has 1 aromatic rings. The highest BCUT2D eigenvalue weighted by Crippen LogP contribution is 2.29. The molecule has 8 heteroatoms. The Balaban J connectivity index is 3.12. The molecule has 0 heterocycles. The molecular weight excluding hydrogens is 306 g/mol. The molecule has 20 heavy (non-hydrogen) atoms. The Hall–Kier alpha value is -1.47. The number of benzene rings is 1. The summed E-state index contributed by atoms with van der Waals surface area (Å²) in [6, 6.07) is 4.02. The Kier molecular flexibility index (Phi) is 4.88. The number of hydrogen-bond acceptors (Lipinski definition) is 5. The number of hydrogen-bond donors (Lipinski definition) is 1. The number of carbonyl (C=O) groups excluding carboxylic acids is 1. The van der Waals surface area contributed by atoms with E-state index in [1.165, 1.54) is 25.3 Å². The van der Waals surface area contributed by atoms with E-state index in [1.807, 2.05) is 0 Å². The van der Waals surface area contributed by atoms with Crippen LogP contribution in [0.15, 0.2) is 23.1 Å². The summed E-state index contributed by atoms with van der Waals surface area (Å²) in [4.78, 5) is 11.5.